The molecule has 2 rings (SSSR count). The van der Waals surface area contributed by atoms with E-state index in [-0.39, 0.29) is 17.6 Å². The van der Waals surface area contributed by atoms with Crippen LogP contribution in [-0.4, -0.2) is 5.11 Å². The van der Waals surface area contributed by atoms with Crippen LogP contribution in [0.25, 0.3) is 0 Å². The summed E-state index contributed by atoms with van der Waals surface area (Å²) in [5, 5.41) is 12.7. The van der Waals surface area contributed by atoms with Crippen molar-refractivity contribution in [3.63, 3.8) is 0 Å². The van der Waals surface area contributed by atoms with Crippen LogP contribution in [0, 0.1) is 5.82 Å². The van der Waals surface area contributed by atoms with E-state index in [1.165, 1.54) is 6.07 Å². The second kappa shape index (κ2) is 6.17. The van der Waals surface area contributed by atoms with Gasteiger partial charge >= 0.3 is 0 Å². The number of phenolic OH excluding ortho intramolecular Hbond substituents is 1. The highest BCUT2D eigenvalue weighted by molar-refractivity contribution is 9.10. The molecule has 2 aromatic carbocycles. The van der Waals surface area contributed by atoms with Crippen molar-refractivity contribution < 1.29 is 9.50 Å². The fourth-order valence-electron chi connectivity index (χ4n) is 1.84. The van der Waals surface area contributed by atoms with Gasteiger partial charge in [-0.05, 0) is 36.8 Å². The average Bonchev–Trinajstić information content (AvgIpc) is 2.37. The maximum Gasteiger partial charge on any atom is 0.128 e. The van der Waals surface area contributed by atoms with Gasteiger partial charge in [-0.25, -0.2) is 4.39 Å². The zero-order chi connectivity index (χ0) is 13.8. The van der Waals surface area contributed by atoms with Crippen LogP contribution in [0.2, 0.25) is 0 Å². The summed E-state index contributed by atoms with van der Waals surface area (Å²) in [7, 11) is 0. The number of rotatable bonds is 4. The van der Waals surface area contributed by atoms with Gasteiger partial charge in [0, 0.05) is 22.6 Å². The molecule has 100 valence electrons. The molecule has 1 atom stereocenters. The van der Waals surface area contributed by atoms with Crippen molar-refractivity contribution >= 4 is 15.9 Å². The lowest BCUT2D eigenvalue weighted by molar-refractivity contribution is 0.471. The Morgan fingerprint density at radius 3 is 2.74 bits per heavy atom. The predicted molar refractivity (Wildman–Crippen MR) is 77.5 cm³/mol. The summed E-state index contributed by atoms with van der Waals surface area (Å²) in [5.41, 5.74) is 1.59. The highest BCUT2D eigenvalue weighted by Crippen LogP contribution is 2.19. The number of aromatic hydroxyl groups is 1. The number of hydrogen-bond donors (Lipinski definition) is 2. The maximum atomic E-state index is 13.7. The molecule has 0 amide bonds. The summed E-state index contributed by atoms with van der Waals surface area (Å²) in [6.07, 6.45) is 0. The van der Waals surface area contributed by atoms with E-state index in [9.17, 15) is 9.50 Å². The lowest BCUT2D eigenvalue weighted by Gasteiger charge is -2.15. The molecule has 1 unspecified atom stereocenters. The third-order valence-electron chi connectivity index (χ3n) is 2.98. The van der Waals surface area contributed by atoms with Crippen molar-refractivity contribution in [1.29, 1.82) is 0 Å². The van der Waals surface area contributed by atoms with Crippen LogP contribution in [0.3, 0.4) is 0 Å². The Bertz CT molecular complexity index is 574. The minimum atomic E-state index is -0.231. The van der Waals surface area contributed by atoms with Crippen molar-refractivity contribution in [2.75, 3.05) is 0 Å². The van der Waals surface area contributed by atoms with Gasteiger partial charge < -0.3 is 10.4 Å². The molecule has 2 nitrogen and oxygen atoms in total. The first-order valence-electron chi connectivity index (χ1n) is 6.02. The molecule has 0 aliphatic heterocycles. The summed E-state index contributed by atoms with van der Waals surface area (Å²) in [6.45, 7) is 2.42. The van der Waals surface area contributed by atoms with E-state index in [1.54, 1.807) is 24.3 Å². The third kappa shape index (κ3) is 3.78. The average molecular weight is 324 g/mol. The van der Waals surface area contributed by atoms with Crippen molar-refractivity contribution in [2.45, 2.75) is 19.5 Å². The number of nitrogens with one attached hydrogen (secondary N) is 1. The molecule has 0 saturated carbocycles. The summed E-state index contributed by atoms with van der Waals surface area (Å²) in [6, 6.07) is 12.1. The fraction of sp³-hybridized carbons (Fsp3) is 0.200. The lowest BCUT2D eigenvalue weighted by Crippen LogP contribution is -2.18. The number of hydrogen-bond acceptors (Lipinski definition) is 2. The SMILES string of the molecule is CC(NCc1ccc(Br)cc1F)c1cccc(O)c1. The number of benzene rings is 2. The van der Waals surface area contributed by atoms with Crippen molar-refractivity contribution in [3.8, 4) is 5.75 Å². The molecule has 0 aromatic heterocycles. The minimum absolute atomic E-state index is 0.0372. The van der Waals surface area contributed by atoms with Crippen LogP contribution in [0.5, 0.6) is 5.75 Å². The zero-order valence-corrected chi connectivity index (χ0v) is 12.1. The molecule has 0 aliphatic rings. The molecular formula is C15H15BrFNO. The van der Waals surface area contributed by atoms with Gasteiger partial charge in [-0.15, -0.1) is 0 Å². The van der Waals surface area contributed by atoms with Crippen molar-refractivity contribution in [2.24, 2.45) is 0 Å². The monoisotopic (exact) mass is 323 g/mol. The second-order valence-electron chi connectivity index (χ2n) is 4.43. The van der Waals surface area contributed by atoms with Gasteiger partial charge in [0.15, 0.2) is 0 Å². The van der Waals surface area contributed by atoms with Crippen LogP contribution in [0.4, 0.5) is 4.39 Å². The van der Waals surface area contributed by atoms with Gasteiger partial charge in [-0.1, -0.05) is 34.1 Å². The molecule has 0 aliphatic carbocycles. The molecule has 0 bridgehead atoms. The van der Waals surface area contributed by atoms with E-state index in [0.29, 0.717) is 12.1 Å². The molecule has 2 aromatic rings. The zero-order valence-electron chi connectivity index (χ0n) is 10.5. The normalized spacial score (nSPS) is 12.4. The first kappa shape index (κ1) is 14.0. The maximum absolute atomic E-state index is 13.7. The molecule has 0 fully saturated rings. The molecule has 0 heterocycles. The molecule has 0 spiro atoms. The van der Waals surface area contributed by atoms with Gasteiger partial charge in [0.25, 0.3) is 0 Å². The Kier molecular flexibility index (Phi) is 4.56. The Morgan fingerprint density at radius 1 is 1.26 bits per heavy atom. The van der Waals surface area contributed by atoms with Gasteiger partial charge in [0.05, 0.1) is 0 Å². The molecule has 2 N–H and O–H groups in total. The van der Waals surface area contributed by atoms with Crippen molar-refractivity contribution in [3.05, 3.63) is 63.9 Å². The van der Waals surface area contributed by atoms with Crippen LogP contribution in [0.1, 0.15) is 24.1 Å². The summed E-state index contributed by atoms with van der Waals surface area (Å²) in [5.74, 6) is 0.00551. The topological polar surface area (TPSA) is 32.3 Å². The van der Waals surface area contributed by atoms with E-state index in [4.69, 9.17) is 0 Å². The molecule has 0 radical (unpaired) electrons. The standard InChI is InChI=1S/C15H15BrFNO/c1-10(11-3-2-4-14(19)7-11)18-9-12-5-6-13(16)8-15(12)17/h2-8,10,18-19H,9H2,1H3. The molecule has 19 heavy (non-hydrogen) atoms. The summed E-state index contributed by atoms with van der Waals surface area (Å²) in [4.78, 5) is 0. The smallest absolute Gasteiger partial charge is 0.128 e. The van der Waals surface area contributed by atoms with Gasteiger partial charge in [0.1, 0.15) is 11.6 Å². The van der Waals surface area contributed by atoms with Crippen molar-refractivity contribution in [1.82, 2.24) is 5.32 Å². The Labute approximate surface area is 120 Å². The van der Waals surface area contributed by atoms with E-state index in [0.717, 1.165) is 10.0 Å². The van der Waals surface area contributed by atoms with Crippen LogP contribution < -0.4 is 5.32 Å². The van der Waals surface area contributed by atoms with Gasteiger partial charge in [-0.2, -0.15) is 0 Å². The van der Waals surface area contributed by atoms with E-state index in [1.807, 2.05) is 19.1 Å². The Morgan fingerprint density at radius 2 is 2.05 bits per heavy atom. The van der Waals surface area contributed by atoms with E-state index in [2.05, 4.69) is 21.2 Å². The quantitative estimate of drug-likeness (QED) is 0.886. The number of phenols is 1. The second-order valence-corrected chi connectivity index (χ2v) is 5.35. The highest BCUT2D eigenvalue weighted by Gasteiger charge is 2.08. The Hall–Kier alpha value is -1.39. The predicted octanol–water partition coefficient (Wildman–Crippen LogP) is 4.14. The van der Waals surface area contributed by atoms with Crippen LogP contribution in [0.15, 0.2) is 46.9 Å². The largest absolute Gasteiger partial charge is 0.508 e. The first-order valence-corrected chi connectivity index (χ1v) is 6.82. The first-order chi connectivity index (χ1) is 9.06. The van der Waals surface area contributed by atoms with Crippen LogP contribution >= 0.6 is 15.9 Å². The molecule has 0 saturated heterocycles. The lowest BCUT2D eigenvalue weighted by atomic mass is 10.1. The fourth-order valence-corrected chi connectivity index (χ4v) is 2.17. The number of halogens is 2. The summed E-state index contributed by atoms with van der Waals surface area (Å²) < 4.78 is 14.4. The Balaban J connectivity index is 2.02. The van der Waals surface area contributed by atoms with Gasteiger partial charge in [-0.3, -0.25) is 0 Å². The molecular weight excluding hydrogens is 309 g/mol. The van der Waals surface area contributed by atoms with E-state index >= 15 is 0 Å². The van der Waals surface area contributed by atoms with Crippen LogP contribution in [-0.2, 0) is 6.54 Å². The van der Waals surface area contributed by atoms with Gasteiger partial charge in [0.2, 0.25) is 0 Å². The third-order valence-corrected chi connectivity index (χ3v) is 3.48. The minimum Gasteiger partial charge on any atom is -0.508 e. The van der Waals surface area contributed by atoms with E-state index < -0.39 is 0 Å². The highest BCUT2D eigenvalue weighted by atomic mass is 79.9. The molecule has 4 heteroatoms. The summed E-state index contributed by atoms with van der Waals surface area (Å²) >= 11 is 3.23.